The predicted octanol–water partition coefficient (Wildman–Crippen LogP) is 4.36. The van der Waals surface area contributed by atoms with E-state index >= 15 is 0 Å². The van der Waals surface area contributed by atoms with E-state index in [0.29, 0.717) is 27.6 Å². The zero-order valence-corrected chi connectivity index (χ0v) is 14.0. The normalized spacial score (nSPS) is 10.8. The Balaban J connectivity index is 1.51. The summed E-state index contributed by atoms with van der Waals surface area (Å²) in [5.74, 6) is 1.85. The van der Waals surface area contributed by atoms with Crippen molar-refractivity contribution in [3.63, 3.8) is 0 Å². The second-order valence-electron chi connectivity index (χ2n) is 4.35. The standard InChI is InChI=1S/C14H12ClN3O2S2/c1-9-16-11(7-21-9)8-22-14-18-17-13(20-14)6-19-12-4-2-10(15)3-5-12/h2-5,7H,6,8H2,1H3. The molecule has 2 aromatic heterocycles. The Kier molecular flexibility index (Phi) is 4.97. The minimum Gasteiger partial charge on any atom is -0.484 e. The van der Waals surface area contributed by atoms with Crippen molar-refractivity contribution < 1.29 is 9.15 Å². The van der Waals surface area contributed by atoms with Gasteiger partial charge in [-0.3, -0.25) is 0 Å². The summed E-state index contributed by atoms with van der Waals surface area (Å²) < 4.78 is 11.1. The molecule has 0 unspecified atom stereocenters. The fraction of sp³-hybridized carbons (Fsp3) is 0.214. The zero-order chi connectivity index (χ0) is 15.4. The molecule has 0 radical (unpaired) electrons. The molecule has 3 aromatic rings. The number of ether oxygens (including phenoxy) is 1. The van der Waals surface area contributed by atoms with E-state index in [1.165, 1.54) is 11.8 Å². The molecule has 0 aliphatic heterocycles. The molecule has 0 bridgehead atoms. The SMILES string of the molecule is Cc1nc(CSc2nnc(COc3ccc(Cl)cc3)o2)cs1. The fourth-order valence-electron chi connectivity index (χ4n) is 1.64. The van der Waals surface area contributed by atoms with Gasteiger partial charge in [0.05, 0.1) is 10.7 Å². The number of aromatic nitrogens is 3. The Bertz CT molecular complexity index is 743. The lowest BCUT2D eigenvalue weighted by Gasteiger charge is -2.02. The van der Waals surface area contributed by atoms with Gasteiger partial charge in [-0.2, -0.15) is 0 Å². The first-order chi connectivity index (χ1) is 10.7. The van der Waals surface area contributed by atoms with Crippen LogP contribution in [0.3, 0.4) is 0 Å². The molecule has 2 heterocycles. The summed E-state index contributed by atoms with van der Waals surface area (Å²) in [5.41, 5.74) is 1.02. The predicted molar refractivity (Wildman–Crippen MR) is 86.5 cm³/mol. The summed E-state index contributed by atoms with van der Waals surface area (Å²) in [5, 5.41) is 12.2. The van der Waals surface area contributed by atoms with Crippen LogP contribution in [0.5, 0.6) is 5.75 Å². The number of thiazole rings is 1. The molecule has 0 fully saturated rings. The first-order valence-electron chi connectivity index (χ1n) is 6.43. The van der Waals surface area contributed by atoms with E-state index in [9.17, 15) is 0 Å². The molecular weight excluding hydrogens is 342 g/mol. The van der Waals surface area contributed by atoms with Crippen molar-refractivity contribution in [1.82, 2.24) is 15.2 Å². The summed E-state index contributed by atoms with van der Waals surface area (Å²) in [7, 11) is 0. The molecule has 0 saturated carbocycles. The first kappa shape index (κ1) is 15.3. The average molecular weight is 354 g/mol. The van der Waals surface area contributed by atoms with Crippen molar-refractivity contribution in [1.29, 1.82) is 0 Å². The second-order valence-corrected chi connectivity index (χ2v) is 6.78. The number of thioether (sulfide) groups is 1. The second kappa shape index (κ2) is 7.13. The van der Waals surface area contributed by atoms with Crippen molar-refractivity contribution in [2.45, 2.75) is 24.5 Å². The number of rotatable bonds is 6. The molecule has 5 nitrogen and oxygen atoms in total. The van der Waals surface area contributed by atoms with Gasteiger partial charge < -0.3 is 9.15 Å². The van der Waals surface area contributed by atoms with E-state index in [1.54, 1.807) is 35.6 Å². The highest BCUT2D eigenvalue weighted by Crippen LogP contribution is 2.23. The molecule has 114 valence electrons. The van der Waals surface area contributed by atoms with E-state index < -0.39 is 0 Å². The summed E-state index contributed by atoms with van der Waals surface area (Å²) in [6.07, 6.45) is 0. The highest BCUT2D eigenvalue weighted by molar-refractivity contribution is 7.98. The molecule has 8 heteroatoms. The third-order valence-electron chi connectivity index (χ3n) is 2.63. The Morgan fingerprint density at radius 2 is 2.09 bits per heavy atom. The summed E-state index contributed by atoms with van der Waals surface area (Å²) in [6, 6.07) is 7.11. The molecule has 0 aliphatic rings. The lowest BCUT2D eigenvalue weighted by atomic mass is 10.3. The molecule has 0 amide bonds. The van der Waals surface area contributed by atoms with Crippen molar-refractivity contribution >= 4 is 34.7 Å². The van der Waals surface area contributed by atoms with Crippen LogP contribution in [0.4, 0.5) is 0 Å². The summed E-state index contributed by atoms with van der Waals surface area (Å²) >= 11 is 8.91. The van der Waals surface area contributed by atoms with Crippen LogP contribution in [0.25, 0.3) is 0 Å². The number of aryl methyl sites for hydroxylation is 1. The number of nitrogens with zero attached hydrogens (tertiary/aromatic N) is 3. The average Bonchev–Trinajstić information content (AvgIpc) is 3.13. The van der Waals surface area contributed by atoms with Crippen LogP contribution >= 0.6 is 34.7 Å². The smallest absolute Gasteiger partial charge is 0.277 e. The molecule has 1 aromatic carbocycles. The van der Waals surface area contributed by atoms with Gasteiger partial charge in [0.2, 0.25) is 0 Å². The van der Waals surface area contributed by atoms with Crippen LogP contribution in [-0.2, 0) is 12.4 Å². The molecule has 0 saturated heterocycles. The van der Waals surface area contributed by atoms with Crippen LogP contribution in [0.15, 0.2) is 39.3 Å². The molecular formula is C14H12ClN3O2S2. The van der Waals surface area contributed by atoms with Crippen LogP contribution in [-0.4, -0.2) is 15.2 Å². The van der Waals surface area contributed by atoms with E-state index in [2.05, 4.69) is 15.2 Å². The van der Waals surface area contributed by atoms with Crippen molar-refractivity contribution in [2.75, 3.05) is 0 Å². The van der Waals surface area contributed by atoms with Crippen molar-refractivity contribution in [3.8, 4) is 5.75 Å². The summed E-state index contributed by atoms with van der Waals surface area (Å²) in [6.45, 7) is 2.21. The fourth-order valence-corrected chi connectivity index (χ4v) is 3.16. The molecule has 3 rings (SSSR count). The zero-order valence-electron chi connectivity index (χ0n) is 11.7. The van der Waals surface area contributed by atoms with Gasteiger partial charge in [0.25, 0.3) is 11.1 Å². The van der Waals surface area contributed by atoms with Gasteiger partial charge in [-0.25, -0.2) is 4.98 Å². The molecule has 0 atom stereocenters. The van der Waals surface area contributed by atoms with E-state index in [4.69, 9.17) is 20.8 Å². The number of benzene rings is 1. The Morgan fingerprint density at radius 1 is 1.27 bits per heavy atom. The van der Waals surface area contributed by atoms with Crippen molar-refractivity contribution in [2.24, 2.45) is 0 Å². The number of hydrogen-bond donors (Lipinski definition) is 0. The summed E-state index contributed by atoms with van der Waals surface area (Å²) in [4.78, 5) is 4.39. The minimum atomic E-state index is 0.227. The van der Waals surface area contributed by atoms with E-state index in [-0.39, 0.29) is 6.61 Å². The first-order valence-corrected chi connectivity index (χ1v) is 8.68. The van der Waals surface area contributed by atoms with Crippen LogP contribution in [0.1, 0.15) is 16.6 Å². The van der Waals surface area contributed by atoms with E-state index in [1.807, 2.05) is 12.3 Å². The number of hydrogen-bond acceptors (Lipinski definition) is 7. The van der Waals surface area contributed by atoms with Gasteiger partial charge in [-0.1, -0.05) is 23.4 Å². The maximum atomic E-state index is 5.82. The molecule has 0 spiro atoms. The highest BCUT2D eigenvalue weighted by Gasteiger charge is 2.09. The third-order valence-corrected chi connectivity index (χ3v) is 4.56. The van der Waals surface area contributed by atoms with Crippen LogP contribution in [0.2, 0.25) is 5.02 Å². The van der Waals surface area contributed by atoms with Crippen molar-refractivity contribution in [3.05, 3.63) is 51.3 Å². The van der Waals surface area contributed by atoms with Gasteiger partial charge in [0.1, 0.15) is 5.75 Å². The lowest BCUT2D eigenvalue weighted by Crippen LogP contribution is -1.95. The maximum absolute atomic E-state index is 5.82. The van der Waals surface area contributed by atoms with Gasteiger partial charge in [0.15, 0.2) is 6.61 Å². The topological polar surface area (TPSA) is 61.0 Å². The minimum absolute atomic E-state index is 0.227. The van der Waals surface area contributed by atoms with Gasteiger partial charge >= 0.3 is 0 Å². The Labute approximate surface area is 140 Å². The third kappa shape index (κ3) is 4.22. The largest absolute Gasteiger partial charge is 0.484 e. The lowest BCUT2D eigenvalue weighted by molar-refractivity contribution is 0.252. The number of halogens is 1. The molecule has 22 heavy (non-hydrogen) atoms. The van der Waals surface area contributed by atoms with Gasteiger partial charge in [-0.15, -0.1) is 21.5 Å². The van der Waals surface area contributed by atoms with Gasteiger partial charge in [-0.05, 0) is 31.2 Å². The monoisotopic (exact) mass is 353 g/mol. The van der Waals surface area contributed by atoms with E-state index in [0.717, 1.165) is 10.7 Å². The Hall–Kier alpha value is -1.57. The van der Waals surface area contributed by atoms with Crippen LogP contribution in [0, 0.1) is 6.92 Å². The van der Waals surface area contributed by atoms with Gasteiger partial charge in [0, 0.05) is 16.2 Å². The maximum Gasteiger partial charge on any atom is 0.277 e. The Morgan fingerprint density at radius 3 is 2.82 bits per heavy atom. The van der Waals surface area contributed by atoms with Crippen LogP contribution < -0.4 is 4.74 Å². The quantitative estimate of drug-likeness (QED) is 0.613. The highest BCUT2D eigenvalue weighted by atomic mass is 35.5. The molecule has 0 N–H and O–H groups in total. The molecule has 0 aliphatic carbocycles.